The normalized spacial score (nSPS) is 19.0. The zero-order chi connectivity index (χ0) is 13.1. The molecule has 0 aromatic heterocycles. The lowest BCUT2D eigenvalue weighted by atomic mass is 9.85. The third kappa shape index (κ3) is 1.87. The van der Waals surface area contributed by atoms with Crippen LogP contribution >= 0.6 is 0 Å². The second-order valence-electron chi connectivity index (χ2n) is 4.24. The van der Waals surface area contributed by atoms with Gasteiger partial charge in [0, 0.05) is 11.4 Å². The molecule has 0 radical (unpaired) electrons. The van der Waals surface area contributed by atoms with E-state index in [1.54, 1.807) is 0 Å². The van der Waals surface area contributed by atoms with Gasteiger partial charge in [0.1, 0.15) is 0 Å². The van der Waals surface area contributed by atoms with Crippen LogP contribution in [-0.2, 0) is 0 Å². The van der Waals surface area contributed by atoms with Gasteiger partial charge in [-0.25, -0.2) is 4.85 Å². The SMILES string of the molecule is [C-]#[N+]C1=C(C)NC(C)=C(C#N)C1c1ccccc1. The second kappa shape index (κ2) is 4.77. The topological polar surface area (TPSA) is 40.2 Å². The van der Waals surface area contributed by atoms with Gasteiger partial charge in [-0.2, -0.15) is 5.26 Å². The monoisotopic (exact) mass is 235 g/mol. The molecule has 88 valence electrons. The molecular weight excluding hydrogens is 222 g/mol. The van der Waals surface area contributed by atoms with Crippen LogP contribution in [0.4, 0.5) is 0 Å². The van der Waals surface area contributed by atoms with E-state index in [2.05, 4.69) is 16.2 Å². The maximum Gasteiger partial charge on any atom is 0.196 e. The fourth-order valence-corrected chi connectivity index (χ4v) is 2.25. The van der Waals surface area contributed by atoms with Gasteiger partial charge in [0.25, 0.3) is 0 Å². The number of nitrogens with zero attached hydrogens (tertiary/aromatic N) is 2. The lowest BCUT2D eigenvalue weighted by Crippen LogP contribution is -2.22. The highest BCUT2D eigenvalue weighted by Crippen LogP contribution is 2.37. The zero-order valence-electron chi connectivity index (χ0n) is 10.4. The van der Waals surface area contributed by atoms with Crippen molar-refractivity contribution in [3.63, 3.8) is 0 Å². The van der Waals surface area contributed by atoms with E-state index < -0.39 is 0 Å². The first-order valence-corrected chi connectivity index (χ1v) is 5.70. The van der Waals surface area contributed by atoms with Crippen LogP contribution in [0.1, 0.15) is 25.3 Å². The summed E-state index contributed by atoms with van der Waals surface area (Å²) in [4.78, 5) is 3.60. The minimum absolute atomic E-state index is 0.241. The van der Waals surface area contributed by atoms with Crippen molar-refractivity contribution in [2.75, 3.05) is 0 Å². The predicted molar refractivity (Wildman–Crippen MR) is 69.9 cm³/mol. The van der Waals surface area contributed by atoms with Gasteiger partial charge in [0.15, 0.2) is 5.70 Å². The van der Waals surface area contributed by atoms with Crippen molar-refractivity contribution in [1.82, 2.24) is 5.32 Å². The summed E-state index contributed by atoms with van der Waals surface area (Å²) in [6.45, 7) is 11.1. The van der Waals surface area contributed by atoms with E-state index in [1.807, 2.05) is 44.2 Å². The van der Waals surface area contributed by atoms with Crippen molar-refractivity contribution in [3.8, 4) is 6.07 Å². The molecule has 2 rings (SSSR count). The molecule has 1 aromatic carbocycles. The number of nitriles is 1. The highest BCUT2D eigenvalue weighted by molar-refractivity contribution is 5.52. The summed E-state index contributed by atoms with van der Waals surface area (Å²) >= 11 is 0. The third-order valence-electron chi connectivity index (χ3n) is 3.10. The van der Waals surface area contributed by atoms with Gasteiger partial charge >= 0.3 is 0 Å². The number of hydrogen-bond donors (Lipinski definition) is 1. The Labute approximate surface area is 107 Å². The molecule has 0 aliphatic carbocycles. The Morgan fingerprint density at radius 3 is 2.44 bits per heavy atom. The lowest BCUT2D eigenvalue weighted by molar-refractivity contribution is 0.810. The first kappa shape index (κ1) is 12.0. The molecule has 0 bridgehead atoms. The van der Waals surface area contributed by atoms with Crippen LogP contribution in [-0.4, -0.2) is 0 Å². The molecule has 0 saturated heterocycles. The summed E-state index contributed by atoms with van der Waals surface area (Å²) in [6.07, 6.45) is 0. The molecule has 1 N–H and O–H groups in total. The van der Waals surface area contributed by atoms with E-state index in [4.69, 9.17) is 6.57 Å². The fraction of sp³-hybridized carbons (Fsp3) is 0.200. The highest BCUT2D eigenvalue weighted by atomic mass is 14.9. The Kier molecular flexibility index (Phi) is 3.17. The molecule has 1 atom stereocenters. The Morgan fingerprint density at radius 2 is 1.89 bits per heavy atom. The van der Waals surface area contributed by atoms with Crippen LogP contribution in [0.3, 0.4) is 0 Å². The molecule has 0 fully saturated rings. The van der Waals surface area contributed by atoms with E-state index in [0.717, 1.165) is 17.0 Å². The quantitative estimate of drug-likeness (QED) is 0.758. The van der Waals surface area contributed by atoms with Crippen molar-refractivity contribution >= 4 is 0 Å². The van der Waals surface area contributed by atoms with Crippen LogP contribution in [0, 0.1) is 17.9 Å². The Hall–Kier alpha value is -2.52. The molecule has 0 amide bonds. The van der Waals surface area contributed by atoms with E-state index >= 15 is 0 Å². The minimum Gasteiger partial charge on any atom is -0.372 e. The molecule has 3 heteroatoms. The van der Waals surface area contributed by atoms with Gasteiger partial charge in [-0.1, -0.05) is 30.3 Å². The minimum atomic E-state index is -0.241. The maximum absolute atomic E-state index is 9.32. The van der Waals surface area contributed by atoms with Crippen LogP contribution in [0.2, 0.25) is 0 Å². The van der Waals surface area contributed by atoms with Crippen LogP contribution in [0.15, 0.2) is 53.0 Å². The van der Waals surface area contributed by atoms with E-state index in [-0.39, 0.29) is 5.92 Å². The Bertz CT molecular complexity index is 573. The van der Waals surface area contributed by atoms with Gasteiger partial charge in [-0.3, -0.25) is 0 Å². The summed E-state index contributed by atoms with van der Waals surface area (Å²) in [5.74, 6) is -0.241. The fourth-order valence-electron chi connectivity index (χ4n) is 2.25. The zero-order valence-corrected chi connectivity index (χ0v) is 10.4. The summed E-state index contributed by atoms with van der Waals surface area (Å²) in [5, 5.41) is 12.4. The number of rotatable bonds is 1. The number of benzene rings is 1. The van der Waals surface area contributed by atoms with Crippen molar-refractivity contribution in [3.05, 3.63) is 70.0 Å². The van der Waals surface area contributed by atoms with Crippen molar-refractivity contribution < 1.29 is 0 Å². The van der Waals surface area contributed by atoms with Crippen LogP contribution < -0.4 is 5.32 Å². The standard InChI is InChI=1S/C15H13N3/c1-10-13(9-16)14(12-7-5-4-6-8-12)15(17-3)11(2)18-10/h4-8,14,18H,1-2H3. The maximum atomic E-state index is 9.32. The van der Waals surface area contributed by atoms with Crippen molar-refractivity contribution in [1.29, 1.82) is 5.26 Å². The molecule has 1 aliphatic rings. The Morgan fingerprint density at radius 1 is 1.22 bits per heavy atom. The van der Waals surface area contributed by atoms with Gasteiger partial charge in [-0.15, -0.1) is 0 Å². The van der Waals surface area contributed by atoms with Gasteiger partial charge < -0.3 is 5.32 Å². The predicted octanol–water partition coefficient (Wildman–Crippen LogP) is 3.32. The third-order valence-corrected chi connectivity index (χ3v) is 3.10. The number of hydrogen-bond acceptors (Lipinski definition) is 2. The lowest BCUT2D eigenvalue weighted by Gasteiger charge is -2.25. The second-order valence-corrected chi connectivity index (χ2v) is 4.24. The van der Waals surface area contributed by atoms with Gasteiger partial charge in [0.05, 0.1) is 24.1 Å². The number of nitrogens with one attached hydrogen (secondary N) is 1. The summed E-state index contributed by atoms with van der Waals surface area (Å²) in [7, 11) is 0. The van der Waals surface area contributed by atoms with Crippen molar-refractivity contribution in [2.24, 2.45) is 0 Å². The molecule has 1 aliphatic heterocycles. The van der Waals surface area contributed by atoms with E-state index in [0.29, 0.717) is 11.3 Å². The number of allylic oxidation sites excluding steroid dienone is 3. The smallest absolute Gasteiger partial charge is 0.196 e. The summed E-state index contributed by atoms with van der Waals surface area (Å²) in [6, 6.07) is 11.9. The average molecular weight is 235 g/mol. The molecule has 0 spiro atoms. The first-order valence-electron chi connectivity index (χ1n) is 5.70. The highest BCUT2D eigenvalue weighted by Gasteiger charge is 2.29. The molecule has 0 saturated carbocycles. The molecular formula is C15H13N3. The molecule has 1 aromatic rings. The molecule has 1 unspecified atom stereocenters. The summed E-state index contributed by atoms with van der Waals surface area (Å²) in [5.41, 5.74) is 3.87. The largest absolute Gasteiger partial charge is 0.372 e. The van der Waals surface area contributed by atoms with E-state index in [9.17, 15) is 5.26 Å². The molecule has 1 heterocycles. The number of dihydropyridines is 1. The first-order chi connectivity index (χ1) is 8.69. The van der Waals surface area contributed by atoms with Crippen LogP contribution in [0.5, 0.6) is 0 Å². The summed E-state index contributed by atoms with van der Waals surface area (Å²) < 4.78 is 0. The van der Waals surface area contributed by atoms with Gasteiger partial charge in [0.2, 0.25) is 0 Å². The van der Waals surface area contributed by atoms with Gasteiger partial charge in [-0.05, 0) is 19.4 Å². The van der Waals surface area contributed by atoms with Crippen LogP contribution in [0.25, 0.3) is 4.85 Å². The van der Waals surface area contributed by atoms with E-state index in [1.165, 1.54) is 0 Å². The molecule has 18 heavy (non-hydrogen) atoms. The average Bonchev–Trinajstić information content (AvgIpc) is 2.39. The van der Waals surface area contributed by atoms with Crippen molar-refractivity contribution in [2.45, 2.75) is 19.8 Å². The molecule has 3 nitrogen and oxygen atoms in total. The Balaban J connectivity index is 2.62.